The maximum absolute atomic E-state index is 13.4. The first-order valence-electron chi connectivity index (χ1n) is 12.4. The zero-order chi connectivity index (χ0) is 28.1. The van der Waals surface area contributed by atoms with E-state index in [9.17, 15) is 12.8 Å². The molecule has 0 unspecified atom stereocenters. The van der Waals surface area contributed by atoms with E-state index in [1.54, 1.807) is 24.3 Å². The maximum Gasteiger partial charge on any atom is 0.148 e. The highest BCUT2D eigenvalue weighted by Gasteiger charge is 2.11. The molecule has 2 aromatic heterocycles. The van der Waals surface area contributed by atoms with E-state index >= 15 is 0 Å². The average molecular weight is 584 g/mol. The predicted octanol–water partition coefficient (Wildman–Crippen LogP) is 6.14. The van der Waals surface area contributed by atoms with E-state index in [-0.39, 0.29) is 18.2 Å². The van der Waals surface area contributed by atoms with Gasteiger partial charge in [-0.3, -0.25) is 0 Å². The van der Waals surface area contributed by atoms with Crippen molar-refractivity contribution in [3.63, 3.8) is 0 Å². The zero-order valence-electron chi connectivity index (χ0n) is 21.5. The van der Waals surface area contributed by atoms with E-state index < -0.39 is 9.84 Å². The normalized spacial score (nSPS) is 11.6. The smallest absolute Gasteiger partial charge is 0.148 e. The van der Waals surface area contributed by atoms with Gasteiger partial charge in [0, 0.05) is 29.4 Å². The van der Waals surface area contributed by atoms with Crippen molar-refractivity contribution in [1.29, 1.82) is 0 Å². The van der Waals surface area contributed by atoms with Gasteiger partial charge in [-0.25, -0.2) is 22.8 Å². The number of nitrogens with one attached hydrogen (secondary N) is 2. The second-order valence-corrected chi connectivity index (χ2v) is 11.9. The number of hydrogen-bond acceptors (Lipinski definition) is 8. The fourth-order valence-corrected chi connectivity index (χ4v) is 4.78. The lowest BCUT2D eigenvalue weighted by Crippen LogP contribution is -2.21. The minimum absolute atomic E-state index is 0.0664. The summed E-state index contributed by atoms with van der Waals surface area (Å²) in [6.45, 7) is 0.956. The molecule has 0 saturated heterocycles. The first-order chi connectivity index (χ1) is 19.2. The summed E-state index contributed by atoms with van der Waals surface area (Å²) in [4.78, 5) is 8.80. The monoisotopic (exact) mass is 583 g/mol. The fourth-order valence-electron chi connectivity index (χ4n) is 4.03. The highest BCUT2D eigenvalue weighted by Crippen LogP contribution is 2.32. The van der Waals surface area contributed by atoms with Gasteiger partial charge in [-0.1, -0.05) is 23.7 Å². The maximum atomic E-state index is 13.4. The lowest BCUT2D eigenvalue weighted by Gasteiger charge is -2.12. The van der Waals surface area contributed by atoms with Gasteiger partial charge in [0.2, 0.25) is 0 Å². The SMILES string of the molecule is CS(=O)(=O)[13CH2][13CH2][15NH]Cc1ccc(-c2ccc3ncnc(Nc4ccc(OCc5cccc(F)c5)c(Cl)c4)c3c2)o1. The summed E-state index contributed by atoms with van der Waals surface area (Å²) >= 11 is 6.47. The van der Waals surface area contributed by atoms with E-state index in [1.165, 1.54) is 24.7 Å². The average Bonchev–Trinajstić information content (AvgIpc) is 3.39. The molecule has 2 heterocycles. The Bertz CT molecular complexity index is 1760. The first-order valence-corrected chi connectivity index (χ1v) is 14.8. The highest BCUT2D eigenvalue weighted by atomic mass is 35.5. The Morgan fingerprint density at radius 1 is 1.02 bits per heavy atom. The minimum atomic E-state index is -3.02. The Morgan fingerprint density at radius 2 is 1.90 bits per heavy atom. The fraction of sp³-hybridized carbons (Fsp3) is 0.172. The Balaban J connectivity index is 1.29. The van der Waals surface area contributed by atoms with Crippen molar-refractivity contribution in [3.8, 4) is 17.1 Å². The van der Waals surface area contributed by atoms with Gasteiger partial charge in [-0.2, -0.15) is 0 Å². The van der Waals surface area contributed by atoms with E-state index in [4.69, 9.17) is 20.8 Å². The summed E-state index contributed by atoms with van der Waals surface area (Å²) < 4.78 is 47.8. The lowest BCUT2D eigenvalue weighted by molar-refractivity contribution is 0.306. The van der Waals surface area contributed by atoms with E-state index in [1.807, 2.05) is 36.4 Å². The van der Waals surface area contributed by atoms with E-state index in [0.29, 0.717) is 52.5 Å². The molecule has 2 N–H and O–H groups in total. The number of rotatable bonds is 11. The van der Waals surface area contributed by atoms with Crippen molar-refractivity contribution in [2.75, 3.05) is 23.9 Å². The number of fused-ring (bicyclic) bond motifs is 1. The Morgan fingerprint density at radius 3 is 2.70 bits per heavy atom. The van der Waals surface area contributed by atoms with Gasteiger partial charge in [0.25, 0.3) is 0 Å². The van der Waals surface area contributed by atoms with Crippen LogP contribution in [0, 0.1) is 5.82 Å². The number of hydrogen-bond donors (Lipinski definition) is 2. The third-order valence-electron chi connectivity index (χ3n) is 6.01. The third kappa shape index (κ3) is 7.15. The molecule has 0 aliphatic rings. The molecule has 5 aromatic rings. The van der Waals surface area contributed by atoms with Gasteiger partial charge in [0.15, 0.2) is 0 Å². The zero-order valence-corrected chi connectivity index (χ0v) is 23.1. The van der Waals surface area contributed by atoms with Crippen molar-refractivity contribution >= 4 is 43.8 Å². The van der Waals surface area contributed by atoms with Gasteiger partial charge in [-0.15, -0.1) is 0 Å². The number of ether oxygens (including phenoxy) is 1. The molecule has 3 aromatic carbocycles. The third-order valence-corrected chi connectivity index (χ3v) is 7.25. The molecule has 11 heteroatoms. The van der Waals surface area contributed by atoms with Crippen molar-refractivity contribution < 1.29 is 22.0 Å². The summed E-state index contributed by atoms with van der Waals surface area (Å²) in [5, 5.41) is 7.56. The number of halogens is 2. The molecule has 206 valence electrons. The minimum Gasteiger partial charge on any atom is -0.487 e. The summed E-state index contributed by atoms with van der Waals surface area (Å²) in [6.07, 6.45) is 2.69. The van der Waals surface area contributed by atoms with Crippen LogP contribution in [-0.4, -0.2) is 36.9 Å². The van der Waals surface area contributed by atoms with Crippen molar-refractivity contribution in [1.82, 2.24) is 15.3 Å². The molecule has 0 atom stereocenters. The molecule has 0 fully saturated rings. The molecule has 0 spiro atoms. The summed E-state index contributed by atoms with van der Waals surface area (Å²) in [6, 6.07) is 21.0. The number of aromatic nitrogens is 2. The van der Waals surface area contributed by atoms with Crippen molar-refractivity contribution in [2.45, 2.75) is 13.2 Å². The summed E-state index contributed by atoms with van der Waals surface area (Å²) in [5.74, 6) is 2.17. The molecule has 40 heavy (non-hydrogen) atoms. The quantitative estimate of drug-likeness (QED) is 0.108. The van der Waals surface area contributed by atoms with Crippen LogP contribution in [0.15, 0.2) is 83.5 Å². The van der Waals surface area contributed by atoms with Crippen LogP contribution < -0.4 is 15.4 Å². The van der Waals surface area contributed by atoms with Crippen LogP contribution in [-0.2, 0) is 23.0 Å². The van der Waals surface area contributed by atoms with Crippen LogP contribution in [0.25, 0.3) is 22.2 Å². The largest absolute Gasteiger partial charge is 0.487 e. The lowest BCUT2D eigenvalue weighted by atomic mass is 10.1. The van der Waals surface area contributed by atoms with Crippen LogP contribution in [0.2, 0.25) is 5.02 Å². The van der Waals surface area contributed by atoms with Gasteiger partial charge in [0.1, 0.15) is 51.7 Å². The molecule has 5 rings (SSSR count). The standard InChI is InChI=1S/C29H26ClFN4O4S/c1-40(36,37)12-11-32-16-23-7-10-27(39-23)20-5-8-26-24(14-20)29(34-18-33-26)35-22-6-9-28(25(30)15-22)38-17-19-3-2-4-21(31)13-19/h2-10,13-15,18,32H,11-12,16-17H2,1H3,(H,33,34,35)/i11+1,12+1,32+1. The number of nitrogens with zero attached hydrogens (tertiary/aromatic N) is 2. The van der Waals surface area contributed by atoms with E-state index in [0.717, 1.165) is 16.5 Å². The van der Waals surface area contributed by atoms with Crippen LogP contribution in [0.5, 0.6) is 5.75 Å². The molecule has 0 amide bonds. The van der Waals surface area contributed by atoms with Crippen LogP contribution >= 0.6 is 11.6 Å². The predicted molar refractivity (Wildman–Crippen MR) is 154 cm³/mol. The Kier molecular flexibility index (Phi) is 8.29. The molecule has 0 radical (unpaired) electrons. The second-order valence-electron chi connectivity index (χ2n) is 9.22. The molecule has 0 saturated carbocycles. The molecule has 0 bridgehead atoms. The van der Waals surface area contributed by atoms with Gasteiger partial charge >= 0.3 is 0 Å². The molecule has 8 nitrogen and oxygen atoms in total. The molecule has 0 aliphatic heterocycles. The van der Waals surface area contributed by atoms with Gasteiger partial charge in [0.05, 0.1) is 22.8 Å². The number of furan rings is 1. The van der Waals surface area contributed by atoms with Crippen LogP contribution in [0.4, 0.5) is 15.9 Å². The molecular weight excluding hydrogens is 558 g/mol. The topological polar surface area (TPSA) is 106 Å². The second kappa shape index (κ2) is 12.0. The number of anilines is 2. The Hall–Kier alpha value is -3.99. The van der Waals surface area contributed by atoms with Crippen molar-refractivity contribution in [3.05, 3.63) is 101 Å². The van der Waals surface area contributed by atoms with Crippen LogP contribution in [0.1, 0.15) is 11.3 Å². The Labute approximate surface area is 236 Å². The van der Waals surface area contributed by atoms with Crippen molar-refractivity contribution in [2.24, 2.45) is 0 Å². The number of benzene rings is 3. The summed E-state index contributed by atoms with van der Waals surface area (Å²) in [5.41, 5.74) is 2.99. The molecular formula is C29H26ClFN4O4S. The van der Waals surface area contributed by atoms with Gasteiger partial charge in [-0.05, 0) is 66.2 Å². The first kappa shape index (κ1) is 27.6. The van der Waals surface area contributed by atoms with E-state index in [2.05, 4.69) is 20.6 Å². The highest BCUT2D eigenvalue weighted by molar-refractivity contribution is 7.90. The summed E-state index contributed by atoms with van der Waals surface area (Å²) in [7, 11) is -3.02. The number of sulfone groups is 1. The molecule has 0 aliphatic carbocycles. The van der Waals surface area contributed by atoms with Gasteiger partial charge < -0.3 is 19.8 Å². The van der Waals surface area contributed by atoms with Crippen LogP contribution in [0.3, 0.4) is 0 Å².